The molecule has 1 unspecified atom stereocenters. The molecule has 0 N–H and O–H groups in total. The number of allylic oxidation sites excluding steroid dienone is 2. The summed E-state index contributed by atoms with van der Waals surface area (Å²) in [4.78, 5) is 0. The lowest BCUT2D eigenvalue weighted by molar-refractivity contribution is 0.541. The van der Waals surface area contributed by atoms with Crippen molar-refractivity contribution in [2.45, 2.75) is 72.6 Å². The molecule has 0 bridgehead atoms. The van der Waals surface area contributed by atoms with E-state index in [0.717, 1.165) is 5.92 Å². The standard InChI is InChI=1S/C15H30/c1-5-6-7-8-9-10-11-15(4)13-12-14(2)3/h12-15H,5-11H2,1-4H3. The summed E-state index contributed by atoms with van der Waals surface area (Å²) in [5.41, 5.74) is 0. The molecule has 0 aliphatic rings. The number of hydrogen-bond acceptors (Lipinski definition) is 0. The van der Waals surface area contributed by atoms with E-state index in [1.54, 1.807) is 0 Å². The topological polar surface area (TPSA) is 0 Å². The molecule has 0 saturated heterocycles. The molecule has 0 fully saturated rings. The Bertz CT molecular complexity index is 144. The summed E-state index contributed by atoms with van der Waals surface area (Å²) in [5, 5.41) is 0. The molecule has 1 atom stereocenters. The third kappa shape index (κ3) is 11.7. The molecule has 0 aromatic heterocycles. The minimum atomic E-state index is 0.706. The second-order valence-electron chi connectivity index (χ2n) is 5.16. The summed E-state index contributed by atoms with van der Waals surface area (Å²) in [6.07, 6.45) is 14.6. The number of hydrogen-bond donors (Lipinski definition) is 0. The van der Waals surface area contributed by atoms with Gasteiger partial charge in [-0.3, -0.25) is 0 Å². The van der Waals surface area contributed by atoms with Gasteiger partial charge in [0.1, 0.15) is 0 Å². The summed E-state index contributed by atoms with van der Waals surface area (Å²) in [6.45, 7) is 9.10. The lowest BCUT2D eigenvalue weighted by atomic mass is 10.00. The van der Waals surface area contributed by atoms with Crippen LogP contribution in [-0.4, -0.2) is 0 Å². The van der Waals surface area contributed by atoms with Gasteiger partial charge >= 0.3 is 0 Å². The Balaban J connectivity index is 3.27. The fraction of sp³-hybridized carbons (Fsp3) is 0.867. The second-order valence-corrected chi connectivity index (χ2v) is 5.16. The molecule has 90 valence electrons. The van der Waals surface area contributed by atoms with Crippen LogP contribution >= 0.6 is 0 Å². The van der Waals surface area contributed by atoms with E-state index in [1.165, 1.54) is 44.9 Å². The van der Waals surface area contributed by atoms with Gasteiger partial charge in [0.25, 0.3) is 0 Å². The van der Waals surface area contributed by atoms with E-state index < -0.39 is 0 Å². The Morgan fingerprint density at radius 3 is 2.00 bits per heavy atom. The van der Waals surface area contributed by atoms with Crippen LogP contribution in [0.15, 0.2) is 12.2 Å². The maximum atomic E-state index is 2.39. The van der Waals surface area contributed by atoms with Gasteiger partial charge in [0.15, 0.2) is 0 Å². The third-order valence-corrected chi connectivity index (χ3v) is 2.84. The fourth-order valence-corrected chi connectivity index (χ4v) is 1.75. The van der Waals surface area contributed by atoms with Crippen molar-refractivity contribution in [3.05, 3.63) is 12.2 Å². The Labute approximate surface area is 97.2 Å². The predicted octanol–water partition coefficient (Wildman–Crippen LogP) is 5.59. The van der Waals surface area contributed by atoms with Crippen LogP contribution in [0.3, 0.4) is 0 Å². The molecule has 0 amide bonds. The van der Waals surface area contributed by atoms with Crippen molar-refractivity contribution in [2.75, 3.05) is 0 Å². The fourth-order valence-electron chi connectivity index (χ4n) is 1.75. The molecule has 0 rings (SSSR count). The minimum absolute atomic E-state index is 0.706. The Morgan fingerprint density at radius 1 is 0.800 bits per heavy atom. The highest BCUT2D eigenvalue weighted by atomic mass is 14.0. The van der Waals surface area contributed by atoms with E-state index in [9.17, 15) is 0 Å². The average Bonchev–Trinajstić information content (AvgIpc) is 2.20. The van der Waals surface area contributed by atoms with Crippen LogP contribution in [0.25, 0.3) is 0 Å². The van der Waals surface area contributed by atoms with Crippen molar-refractivity contribution in [2.24, 2.45) is 11.8 Å². The lowest BCUT2D eigenvalue weighted by Gasteiger charge is -2.06. The first-order valence-corrected chi connectivity index (χ1v) is 6.85. The largest absolute Gasteiger partial charge is 0.0857 e. The van der Waals surface area contributed by atoms with Gasteiger partial charge in [-0.05, 0) is 18.3 Å². The van der Waals surface area contributed by atoms with E-state index >= 15 is 0 Å². The number of unbranched alkanes of at least 4 members (excludes halogenated alkanes) is 5. The van der Waals surface area contributed by atoms with Gasteiger partial charge in [-0.2, -0.15) is 0 Å². The maximum absolute atomic E-state index is 2.39. The first kappa shape index (κ1) is 14.7. The molecule has 0 radical (unpaired) electrons. The molecular formula is C15H30. The van der Waals surface area contributed by atoms with E-state index in [0.29, 0.717) is 5.92 Å². The Morgan fingerprint density at radius 2 is 1.40 bits per heavy atom. The summed E-state index contributed by atoms with van der Waals surface area (Å²) >= 11 is 0. The lowest BCUT2D eigenvalue weighted by Crippen LogP contribution is -1.91. The van der Waals surface area contributed by atoms with E-state index in [1.807, 2.05) is 0 Å². The second kappa shape index (κ2) is 10.3. The summed E-state index contributed by atoms with van der Waals surface area (Å²) in [7, 11) is 0. The zero-order valence-electron chi connectivity index (χ0n) is 11.3. The van der Waals surface area contributed by atoms with Crippen LogP contribution in [-0.2, 0) is 0 Å². The van der Waals surface area contributed by atoms with Crippen molar-refractivity contribution < 1.29 is 0 Å². The van der Waals surface area contributed by atoms with Gasteiger partial charge in [-0.15, -0.1) is 0 Å². The summed E-state index contributed by atoms with van der Waals surface area (Å²) in [6, 6.07) is 0. The molecule has 0 heterocycles. The highest BCUT2D eigenvalue weighted by Crippen LogP contribution is 2.13. The van der Waals surface area contributed by atoms with Crippen molar-refractivity contribution in [3.63, 3.8) is 0 Å². The molecular weight excluding hydrogens is 180 g/mol. The molecule has 0 aliphatic heterocycles. The first-order valence-electron chi connectivity index (χ1n) is 6.85. The average molecular weight is 210 g/mol. The van der Waals surface area contributed by atoms with E-state index in [-0.39, 0.29) is 0 Å². The Kier molecular flexibility index (Phi) is 10.1. The van der Waals surface area contributed by atoms with Crippen molar-refractivity contribution >= 4 is 0 Å². The van der Waals surface area contributed by atoms with E-state index in [2.05, 4.69) is 39.8 Å². The molecule has 0 saturated carbocycles. The van der Waals surface area contributed by atoms with Gasteiger partial charge < -0.3 is 0 Å². The normalized spacial score (nSPS) is 13.9. The Hall–Kier alpha value is -0.260. The SMILES string of the molecule is CCCCCCCCC(C)C=CC(C)C. The van der Waals surface area contributed by atoms with Crippen LogP contribution in [0.4, 0.5) is 0 Å². The smallest absolute Gasteiger partial charge is 0.0262 e. The van der Waals surface area contributed by atoms with Crippen LogP contribution in [0.2, 0.25) is 0 Å². The van der Waals surface area contributed by atoms with Crippen molar-refractivity contribution in [3.8, 4) is 0 Å². The van der Waals surface area contributed by atoms with Gasteiger partial charge in [-0.25, -0.2) is 0 Å². The predicted molar refractivity (Wildman–Crippen MR) is 71.1 cm³/mol. The third-order valence-electron chi connectivity index (χ3n) is 2.84. The van der Waals surface area contributed by atoms with Crippen molar-refractivity contribution in [1.29, 1.82) is 0 Å². The van der Waals surface area contributed by atoms with Gasteiger partial charge in [0.2, 0.25) is 0 Å². The summed E-state index contributed by atoms with van der Waals surface area (Å²) < 4.78 is 0. The number of rotatable bonds is 9. The van der Waals surface area contributed by atoms with Gasteiger partial charge in [-0.1, -0.05) is 78.4 Å². The first-order chi connectivity index (χ1) is 7.16. The highest BCUT2D eigenvalue weighted by Gasteiger charge is 1.97. The monoisotopic (exact) mass is 210 g/mol. The van der Waals surface area contributed by atoms with Crippen LogP contribution in [0.1, 0.15) is 72.6 Å². The molecule has 0 spiro atoms. The summed E-state index contributed by atoms with van der Waals surface area (Å²) in [5.74, 6) is 1.48. The molecule has 0 aliphatic carbocycles. The molecule has 0 heteroatoms. The molecule has 0 nitrogen and oxygen atoms in total. The quantitative estimate of drug-likeness (QED) is 0.344. The van der Waals surface area contributed by atoms with Crippen molar-refractivity contribution in [1.82, 2.24) is 0 Å². The molecule has 0 aromatic rings. The molecule has 0 aromatic carbocycles. The van der Waals surface area contributed by atoms with E-state index in [4.69, 9.17) is 0 Å². The minimum Gasteiger partial charge on any atom is -0.0857 e. The van der Waals surface area contributed by atoms with Crippen LogP contribution in [0, 0.1) is 11.8 Å². The molecule has 15 heavy (non-hydrogen) atoms. The van der Waals surface area contributed by atoms with Gasteiger partial charge in [0, 0.05) is 0 Å². The zero-order valence-corrected chi connectivity index (χ0v) is 11.3. The zero-order chi connectivity index (χ0) is 11.5. The van der Waals surface area contributed by atoms with Gasteiger partial charge in [0.05, 0.1) is 0 Å². The van der Waals surface area contributed by atoms with Crippen LogP contribution < -0.4 is 0 Å². The maximum Gasteiger partial charge on any atom is -0.0262 e. The van der Waals surface area contributed by atoms with Crippen LogP contribution in [0.5, 0.6) is 0 Å². The highest BCUT2D eigenvalue weighted by molar-refractivity contribution is 4.88.